The van der Waals surface area contributed by atoms with E-state index in [0.29, 0.717) is 18.2 Å². The van der Waals surface area contributed by atoms with Gasteiger partial charge in [-0.25, -0.2) is 0 Å². The molecule has 112 valence electrons. The first-order chi connectivity index (χ1) is 9.08. The maximum atomic E-state index is 9.77. The van der Waals surface area contributed by atoms with Crippen molar-refractivity contribution in [2.45, 2.75) is 70.2 Å². The fourth-order valence-corrected chi connectivity index (χ4v) is 3.66. The predicted molar refractivity (Wildman–Crippen MR) is 77.3 cm³/mol. The van der Waals surface area contributed by atoms with Crippen LogP contribution in [0.5, 0.6) is 0 Å². The molecule has 0 aromatic heterocycles. The molecule has 4 nitrogen and oxygen atoms in total. The maximum Gasteiger partial charge on any atom is 0.0700 e. The van der Waals surface area contributed by atoms with Gasteiger partial charge in [-0.2, -0.15) is 0 Å². The third-order valence-corrected chi connectivity index (χ3v) is 4.62. The molecule has 0 aromatic carbocycles. The number of aliphatic hydroxyl groups is 1. The number of morpholine rings is 1. The molecule has 4 heteroatoms. The van der Waals surface area contributed by atoms with Crippen LogP contribution < -0.4 is 5.32 Å². The highest BCUT2D eigenvalue weighted by Crippen LogP contribution is 2.34. The van der Waals surface area contributed by atoms with Crippen LogP contribution in [0.2, 0.25) is 0 Å². The summed E-state index contributed by atoms with van der Waals surface area (Å²) in [6.45, 7) is 9.73. The molecule has 0 amide bonds. The molecule has 0 bridgehead atoms. The van der Waals surface area contributed by atoms with Crippen LogP contribution in [-0.4, -0.2) is 60.0 Å². The molecule has 1 heterocycles. The highest BCUT2D eigenvalue weighted by atomic mass is 16.5. The van der Waals surface area contributed by atoms with Gasteiger partial charge in [-0.3, -0.25) is 4.90 Å². The SMILES string of the molecule is CCC1CN(C2CCC(CO)(NC(C)C)C2)CCO1. The van der Waals surface area contributed by atoms with Crippen molar-refractivity contribution in [3.63, 3.8) is 0 Å². The molecule has 3 atom stereocenters. The van der Waals surface area contributed by atoms with Crippen molar-refractivity contribution in [3.05, 3.63) is 0 Å². The normalized spacial score (nSPS) is 37.1. The quantitative estimate of drug-likeness (QED) is 0.792. The van der Waals surface area contributed by atoms with Crippen molar-refractivity contribution in [1.82, 2.24) is 10.2 Å². The standard InChI is InChI=1S/C15H30N2O2/c1-4-14-10-17(7-8-19-14)13-5-6-15(9-13,11-18)16-12(2)3/h12-14,16,18H,4-11H2,1-3H3. The lowest BCUT2D eigenvalue weighted by atomic mass is 9.97. The van der Waals surface area contributed by atoms with Gasteiger partial charge in [0.15, 0.2) is 0 Å². The van der Waals surface area contributed by atoms with Crippen LogP contribution >= 0.6 is 0 Å². The minimum absolute atomic E-state index is 0.0567. The van der Waals surface area contributed by atoms with Gasteiger partial charge in [0.05, 0.1) is 19.3 Å². The smallest absolute Gasteiger partial charge is 0.0700 e. The summed E-state index contributed by atoms with van der Waals surface area (Å²) in [5, 5.41) is 13.4. The van der Waals surface area contributed by atoms with Crippen LogP contribution in [0.1, 0.15) is 46.5 Å². The van der Waals surface area contributed by atoms with Gasteiger partial charge >= 0.3 is 0 Å². The largest absolute Gasteiger partial charge is 0.394 e. The van der Waals surface area contributed by atoms with Gasteiger partial charge in [-0.15, -0.1) is 0 Å². The van der Waals surface area contributed by atoms with E-state index in [9.17, 15) is 5.11 Å². The molecule has 1 saturated carbocycles. The van der Waals surface area contributed by atoms with Gasteiger partial charge < -0.3 is 15.2 Å². The average molecular weight is 270 g/mol. The Balaban J connectivity index is 1.93. The minimum Gasteiger partial charge on any atom is -0.394 e. The lowest BCUT2D eigenvalue weighted by molar-refractivity contribution is -0.0448. The molecule has 2 rings (SSSR count). The zero-order chi connectivity index (χ0) is 13.9. The van der Waals surface area contributed by atoms with Gasteiger partial charge in [0.25, 0.3) is 0 Å². The van der Waals surface area contributed by atoms with Crippen LogP contribution in [0.25, 0.3) is 0 Å². The fraction of sp³-hybridized carbons (Fsp3) is 1.00. The monoisotopic (exact) mass is 270 g/mol. The summed E-state index contributed by atoms with van der Waals surface area (Å²) >= 11 is 0. The lowest BCUT2D eigenvalue weighted by Gasteiger charge is -2.38. The Morgan fingerprint density at radius 2 is 2.26 bits per heavy atom. The van der Waals surface area contributed by atoms with Crippen LogP contribution in [0.3, 0.4) is 0 Å². The summed E-state index contributed by atoms with van der Waals surface area (Å²) in [7, 11) is 0. The zero-order valence-corrected chi connectivity index (χ0v) is 12.7. The van der Waals surface area contributed by atoms with Crippen molar-refractivity contribution in [3.8, 4) is 0 Å². The molecule has 0 spiro atoms. The molecule has 19 heavy (non-hydrogen) atoms. The number of aliphatic hydroxyl groups excluding tert-OH is 1. The highest BCUT2D eigenvalue weighted by molar-refractivity contribution is 5.00. The van der Waals surface area contributed by atoms with Gasteiger partial charge in [-0.1, -0.05) is 20.8 Å². The summed E-state index contributed by atoms with van der Waals surface area (Å²) < 4.78 is 5.75. The predicted octanol–water partition coefficient (Wildman–Crippen LogP) is 1.38. The molecule has 1 saturated heterocycles. The number of nitrogens with zero attached hydrogens (tertiary/aromatic N) is 1. The second kappa shape index (κ2) is 6.53. The molecule has 1 aliphatic heterocycles. The Morgan fingerprint density at radius 1 is 1.47 bits per heavy atom. The minimum atomic E-state index is -0.0567. The molecule has 1 aliphatic carbocycles. The van der Waals surface area contributed by atoms with Crippen LogP contribution in [0.15, 0.2) is 0 Å². The molecule has 2 N–H and O–H groups in total. The summed E-state index contributed by atoms with van der Waals surface area (Å²) in [6.07, 6.45) is 4.84. The van der Waals surface area contributed by atoms with Gasteiger partial charge in [-0.05, 0) is 25.7 Å². The number of hydrogen-bond acceptors (Lipinski definition) is 4. The third kappa shape index (κ3) is 3.69. The Labute approximate surface area is 117 Å². The second-order valence-corrected chi connectivity index (χ2v) is 6.53. The van der Waals surface area contributed by atoms with Crippen LogP contribution in [0.4, 0.5) is 0 Å². The van der Waals surface area contributed by atoms with Crippen molar-refractivity contribution < 1.29 is 9.84 Å². The second-order valence-electron chi connectivity index (χ2n) is 6.53. The lowest BCUT2D eigenvalue weighted by Crippen LogP contribution is -2.52. The summed E-state index contributed by atoms with van der Waals surface area (Å²) in [6, 6.07) is 1.04. The Morgan fingerprint density at radius 3 is 2.89 bits per heavy atom. The van der Waals surface area contributed by atoms with E-state index in [1.54, 1.807) is 0 Å². The number of ether oxygens (including phenoxy) is 1. The van der Waals surface area contributed by atoms with E-state index >= 15 is 0 Å². The van der Waals surface area contributed by atoms with Gasteiger partial charge in [0, 0.05) is 30.7 Å². The maximum absolute atomic E-state index is 9.77. The third-order valence-electron chi connectivity index (χ3n) is 4.62. The van der Waals surface area contributed by atoms with Crippen LogP contribution in [-0.2, 0) is 4.74 Å². The molecule has 2 fully saturated rings. The van der Waals surface area contributed by atoms with Gasteiger partial charge in [0.2, 0.25) is 0 Å². The number of hydrogen-bond donors (Lipinski definition) is 2. The fourth-order valence-electron chi connectivity index (χ4n) is 3.66. The van der Waals surface area contributed by atoms with Crippen molar-refractivity contribution in [2.24, 2.45) is 0 Å². The van der Waals surface area contributed by atoms with E-state index in [1.165, 1.54) is 6.42 Å². The zero-order valence-electron chi connectivity index (χ0n) is 12.7. The first-order valence-corrected chi connectivity index (χ1v) is 7.83. The molecule has 0 radical (unpaired) electrons. The first kappa shape index (κ1) is 15.2. The first-order valence-electron chi connectivity index (χ1n) is 7.83. The van der Waals surface area contributed by atoms with E-state index in [4.69, 9.17) is 4.74 Å². The Hall–Kier alpha value is -0.160. The Kier molecular flexibility index (Phi) is 5.23. The molecule has 2 aliphatic rings. The highest BCUT2D eigenvalue weighted by Gasteiger charge is 2.41. The summed E-state index contributed by atoms with van der Waals surface area (Å²) in [4.78, 5) is 2.58. The average Bonchev–Trinajstić information content (AvgIpc) is 2.83. The van der Waals surface area contributed by atoms with Gasteiger partial charge in [0.1, 0.15) is 0 Å². The summed E-state index contributed by atoms with van der Waals surface area (Å²) in [5.74, 6) is 0. The van der Waals surface area contributed by atoms with Crippen molar-refractivity contribution in [1.29, 1.82) is 0 Å². The number of rotatable bonds is 5. The van der Waals surface area contributed by atoms with E-state index in [-0.39, 0.29) is 12.1 Å². The van der Waals surface area contributed by atoms with E-state index < -0.39 is 0 Å². The molecular weight excluding hydrogens is 240 g/mol. The Bertz CT molecular complexity index is 285. The van der Waals surface area contributed by atoms with Crippen molar-refractivity contribution in [2.75, 3.05) is 26.3 Å². The summed E-state index contributed by atoms with van der Waals surface area (Å²) in [5.41, 5.74) is -0.0567. The van der Waals surface area contributed by atoms with E-state index in [1.807, 2.05) is 0 Å². The topological polar surface area (TPSA) is 44.7 Å². The van der Waals surface area contributed by atoms with Crippen molar-refractivity contribution >= 4 is 0 Å². The van der Waals surface area contributed by atoms with E-state index in [0.717, 1.165) is 39.0 Å². The number of nitrogens with one attached hydrogen (secondary N) is 1. The molecule has 0 aromatic rings. The van der Waals surface area contributed by atoms with Crippen LogP contribution in [0, 0.1) is 0 Å². The van der Waals surface area contributed by atoms with E-state index in [2.05, 4.69) is 31.0 Å². The molecule has 3 unspecified atom stereocenters. The molecular formula is C15H30N2O2.